The molecule has 0 aliphatic rings. The summed E-state index contributed by atoms with van der Waals surface area (Å²) < 4.78 is 0. The van der Waals surface area contributed by atoms with Crippen molar-refractivity contribution in [3.05, 3.63) is 70.3 Å². The number of nitro benzene ring substituents is 1. The number of carboxylic acids is 1. The highest BCUT2D eigenvalue weighted by molar-refractivity contribution is 5.97. The van der Waals surface area contributed by atoms with Crippen LogP contribution in [0.25, 0.3) is 0 Å². The molecule has 0 bridgehead atoms. The third-order valence-corrected chi connectivity index (χ3v) is 4.07. The van der Waals surface area contributed by atoms with Gasteiger partial charge >= 0.3 is 5.97 Å². The van der Waals surface area contributed by atoms with E-state index in [-0.39, 0.29) is 31.4 Å². The first-order valence-electron chi connectivity index (χ1n) is 8.95. The van der Waals surface area contributed by atoms with Crippen molar-refractivity contribution in [2.45, 2.75) is 31.7 Å². The van der Waals surface area contributed by atoms with Gasteiger partial charge in [-0.2, -0.15) is 0 Å². The maximum absolute atomic E-state index is 12.7. The second-order valence-electron chi connectivity index (χ2n) is 6.35. The van der Waals surface area contributed by atoms with Crippen LogP contribution < -0.4 is 10.6 Å². The quantitative estimate of drug-likeness (QED) is 0.414. The van der Waals surface area contributed by atoms with Gasteiger partial charge in [0.15, 0.2) is 0 Å². The number of nitro groups is 1. The minimum absolute atomic E-state index is 0.0115. The molecule has 0 fully saturated rings. The molecule has 0 spiro atoms. The van der Waals surface area contributed by atoms with Crippen LogP contribution in [0, 0.1) is 10.1 Å². The third kappa shape index (κ3) is 7.41. The Kier molecular flexibility index (Phi) is 7.84. The number of nitrogens with one attached hydrogen (secondary N) is 2. The summed E-state index contributed by atoms with van der Waals surface area (Å²) in [5.74, 6) is -1.89. The zero-order chi connectivity index (χ0) is 21.2. The van der Waals surface area contributed by atoms with E-state index >= 15 is 0 Å². The van der Waals surface area contributed by atoms with Crippen molar-refractivity contribution in [3.8, 4) is 0 Å². The van der Waals surface area contributed by atoms with Crippen molar-refractivity contribution in [1.82, 2.24) is 5.32 Å². The number of carboxylic acid groups (broad SMARTS) is 1. The highest BCUT2D eigenvalue weighted by Crippen LogP contribution is 2.16. The first-order valence-corrected chi connectivity index (χ1v) is 8.95. The van der Waals surface area contributed by atoms with E-state index in [9.17, 15) is 24.5 Å². The second-order valence-corrected chi connectivity index (χ2v) is 6.35. The second kappa shape index (κ2) is 10.5. The number of non-ortho nitro benzene ring substituents is 1. The number of aliphatic carboxylic acids is 1. The molecule has 0 radical (unpaired) electrons. The highest BCUT2D eigenvalue weighted by Gasteiger charge is 2.21. The van der Waals surface area contributed by atoms with E-state index < -0.39 is 28.7 Å². The van der Waals surface area contributed by atoms with Gasteiger partial charge in [-0.25, -0.2) is 0 Å². The molecular weight excluding hydrogens is 378 g/mol. The molecular formula is C20H21N3O6. The van der Waals surface area contributed by atoms with Crippen LogP contribution in [0.1, 0.15) is 24.8 Å². The fraction of sp³-hybridized carbons (Fsp3) is 0.250. The van der Waals surface area contributed by atoms with Crippen LogP contribution in [0.3, 0.4) is 0 Å². The van der Waals surface area contributed by atoms with Crippen LogP contribution >= 0.6 is 0 Å². The van der Waals surface area contributed by atoms with E-state index in [1.54, 1.807) is 0 Å². The standard InChI is InChI=1S/C20H21N3O6/c24-18(7-4-8-19(25)26)22-17(13-14-5-2-1-3-6-14)20(27)21-15-9-11-16(12-10-15)23(28)29/h1-3,5-6,9-12,17H,4,7-8,13H2,(H,21,27)(H,22,24)(H,25,26)/t17-/m0/s1. The topological polar surface area (TPSA) is 139 Å². The molecule has 1 atom stereocenters. The van der Waals surface area contributed by atoms with Gasteiger partial charge in [0, 0.05) is 37.1 Å². The summed E-state index contributed by atoms with van der Waals surface area (Å²) in [5.41, 5.74) is 1.09. The van der Waals surface area contributed by atoms with Crippen molar-refractivity contribution >= 4 is 29.2 Å². The van der Waals surface area contributed by atoms with Crippen molar-refractivity contribution in [3.63, 3.8) is 0 Å². The lowest BCUT2D eigenvalue weighted by molar-refractivity contribution is -0.384. The Morgan fingerprint density at radius 2 is 1.66 bits per heavy atom. The summed E-state index contributed by atoms with van der Waals surface area (Å²) in [5, 5.41) is 24.7. The van der Waals surface area contributed by atoms with E-state index in [2.05, 4.69) is 10.6 Å². The van der Waals surface area contributed by atoms with E-state index in [1.807, 2.05) is 30.3 Å². The number of hydrogen-bond donors (Lipinski definition) is 3. The number of amides is 2. The van der Waals surface area contributed by atoms with Crippen LogP contribution in [0.2, 0.25) is 0 Å². The molecule has 0 aromatic heterocycles. The predicted molar refractivity (Wildman–Crippen MR) is 105 cm³/mol. The average Bonchev–Trinajstić information content (AvgIpc) is 2.68. The minimum Gasteiger partial charge on any atom is -0.481 e. The largest absolute Gasteiger partial charge is 0.481 e. The molecule has 9 heteroatoms. The SMILES string of the molecule is O=C(O)CCCC(=O)N[C@@H](Cc1ccccc1)C(=O)Nc1ccc([N+](=O)[O-])cc1. The van der Waals surface area contributed by atoms with E-state index in [4.69, 9.17) is 5.11 Å². The molecule has 3 N–H and O–H groups in total. The van der Waals surface area contributed by atoms with Gasteiger partial charge in [0.2, 0.25) is 11.8 Å². The molecule has 2 aromatic rings. The number of carbonyl (C=O) groups is 3. The molecule has 2 amide bonds. The summed E-state index contributed by atoms with van der Waals surface area (Å²) in [7, 11) is 0. The lowest BCUT2D eigenvalue weighted by Gasteiger charge is -2.19. The van der Waals surface area contributed by atoms with Crippen molar-refractivity contribution in [2.75, 3.05) is 5.32 Å². The van der Waals surface area contributed by atoms with Crippen LogP contribution in [-0.2, 0) is 20.8 Å². The normalized spacial score (nSPS) is 11.3. The highest BCUT2D eigenvalue weighted by atomic mass is 16.6. The Hall–Kier alpha value is -3.75. The molecule has 0 unspecified atom stereocenters. The molecule has 0 aliphatic carbocycles. The number of benzene rings is 2. The van der Waals surface area contributed by atoms with Crippen LogP contribution in [0.15, 0.2) is 54.6 Å². The summed E-state index contributed by atoms with van der Waals surface area (Å²) in [4.78, 5) is 45.6. The summed E-state index contributed by atoms with van der Waals surface area (Å²) in [6, 6.07) is 13.6. The van der Waals surface area contributed by atoms with Gasteiger partial charge in [-0.15, -0.1) is 0 Å². The average molecular weight is 399 g/mol. The van der Waals surface area contributed by atoms with Crippen molar-refractivity contribution in [1.29, 1.82) is 0 Å². The zero-order valence-corrected chi connectivity index (χ0v) is 15.5. The third-order valence-electron chi connectivity index (χ3n) is 4.07. The lowest BCUT2D eigenvalue weighted by atomic mass is 10.0. The number of rotatable bonds is 10. The predicted octanol–water partition coefficient (Wildman–Crippen LogP) is 2.52. The Bertz CT molecular complexity index is 868. The molecule has 0 saturated heterocycles. The Morgan fingerprint density at radius 1 is 1.00 bits per heavy atom. The summed E-state index contributed by atoms with van der Waals surface area (Å²) >= 11 is 0. The van der Waals surface area contributed by atoms with Gasteiger partial charge in [0.05, 0.1) is 4.92 Å². The molecule has 2 rings (SSSR count). The van der Waals surface area contributed by atoms with E-state index in [0.717, 1.165) is 5.56 Å². The monoisotopic (exact) mass is 399 g/mol. The molecule has 0 aliphatic heterocycles. The molecule has 2 aromatic carbocycles. The molecule has 29 heavy (non-hydrogen) atoms. The van der Waals surface area contributed by atoms with Gasteiger partial charge in [-0.1, -0.05) is 30.3 Å². The van der Waals surface area contributed by atoms with E-state index in [0.29, 0.717) is 5.69 Å². The van der Waals surface area contributed by atoms with Crippen molar-refractivity contribution < 1.29 is 24.4 Å². The fourth-order valence-corrected chi connectivity index (χ4v) is 2.62. The number of nitrogens with zero attached hydrogens (tertiary/aromatic N) is 1. The molecule has 152 valence electrons. The number of carbonyl (C=O) groups excluding carboxylic acids is 2. The maximum atomic E-state index is 12.7. The molecule has 0 heterocycles. The Morgan fingerprint density at radius 3 is 2.24 bits per heavy atom. The van der Waals surface area contributed by atoms with E-state index in [1.165, 1.54) is 24.3 Å². The van der Waals surface area contributed by atoms with Crippen LogP contribution in [0.4, 0.5) is 11.4 Å². The summed E-state index contributed by atoms with van der Waals surface area (Å²) in [6.07, 6.45) is 0.266. The first-order chi connectivity index (χ1) is 13.8. The maximum Gasteiger partial charge on any atom is 0.303 e. The fourth-order valence-electron chi connectivity index (χ4n) is 2.62. The number of anilines is 1. The van der Waals surface area contributed by atoms with Crippen LogP contribution in [-0.4, -0.2) is 33.9 Å². The zero-order valence-electron chi connectivity index (χ0n) is 15.5. The Labute approximate surface area is 166 Å². The van der Waals surface area contributed by atoms with Gasteiger partial charge < -0.3 is 15.7 Å². The van der Waals surface area contributed by atoms with Gasteiger partial charge in [0.25, 0.3) is 5.69 Å². The van der Waals surface area contributed by atoms with Crippen molar-refractivity contribution in [2.24, 2.45) is 0 Å². The Balaban J connectivity index is 2.06. The molecule has 9 nitrogen and oxygen atoms in total. The van der Waals surface area contributed by atoms with Gasteiger partial charge in [0.1, 0.15) is 6.04 Å². The minimum atomic E-state index is -0.991. The summed E-state index contributed by atoms with van der Waals surface area (Å²) in [6.45, 7) is 0. The van der Waals surface area contributed by atoms with Gasteiger partial charge in [-0.05, 0) is 24.1 Å². The molecule has 0 saturated carbocycles. The number of hydrogen-bond acceptors (Lipinski definition) is 5. The van der Waals surface area contributed by atoms with Gasteiger partial charge in [-0.3, -0.25) is 24.5 Å². The lowest BCUT2D eigenvalue weighted by Crippen LogP contribution is -2.45. The van der Waals surface area contributed by atoms with Crippen LogP contribution in [0.5, 0.6) is 0 Å². The first kappa shape index (κ1) is 21.5. The smallest absolute Gasteiger partial charge is 0.303 e.